The van der Waals surface area contributed by atoms with Crippen molar-refractivity contribution in [2.45, 2.75) is 38.8 Å². The van der Waals surface area contributed by atoms with E-state index in [-0.39, 0.29) is 0 Å². The number of ether oxygens (including phenoxy) is 1. The molecule has 3 unspecified atom stereocenters. The molecule has 16 heavy (non-hydrogen) atoms. The van der Waals surface area contributed by atoms with E-state index >= 15 is 0 Å². The number of hydrogen-bond donors (Lipinski definition) is 1. The molecule has 3 heteroatoms. The molecule has 0 bridgehead atoms. The molecular formula is C13H26N2O. The summed E-state index contributed by atoms with van der Waals surface area (Å²) in [7, 11) is 2.27. The summed E-state index contributed by atoms with van der Waals surface area (Å²) in [5.74, 6) is 1.64. The highest BCUT2D eigenvalue weighted by Crippen LogP contribution is 2.35. The topological polar surface area (TPSA) is 24.5 Å². The highest BCUT2D eigenvalue weighted by molar-refractivity contribution is 4.88. The molecule has 0 aromatic rings. The second-order valence-corrected chi connectivity index (χ2v) is 5.48. The minimum absolute atomic E-state index is 0.568. The van der Waals surface area contributed by atoms with Crippen molar-refractivity contribution in [1.82, 2.24) is 10.2 Å². The van der Waals surface area contributed by atoms with Gasteiger partial charge in [0, 0.05) is 24.5 Å². The summed E-state index contributed by atoms with van der Waals surface area (Å²) < 4.78 is 5.59. The van der Waals surface area contributed by atoms with Gasteiger partial charge in [0.15, 0.2) is 0 Å². The monoisotopic (exact) mass is 226 g/mol. The molecule has 1 heterocycles. The van der Waals surface area contributed by atoms with Gasteiger partial charge in [-0.05, 0) is 39.3 Å². The molecule has 1 saturated heterocycles. The van der Waals surface area contributed by atoms with Crippen molar-refractivity contribution >= 4 is 0 Å². The number of likely N-dealkylation sites (N-methyl/N-ethyl adjacent to an activating group) is 1. The fourth-order valence-corrected chi connectivity index (χ4v) is 2.74. The van der Waals surface area contributed by atoms with Crippen LogP contribution in [0.1, 0.15) is 26.7 Å². The molecule has 2 aliphatic rings. The number of nitrogens with one attached hydrogen (secondary N) is 1. The maximum absolute atomic E-state index is 5.59. The van der Waals surface area contributed by atoms with Gasteiger partial charge in [0.05, 0.1) is 13.2 Å². The van der Waals surface area contributed by atoms with Gasteiger partial charge in [-0.2, -0.15) is 0 Å². The van der Waals surface area contributed by atoms with E-state index in [4.69, 9.17) is 4.74 Å². The second kappa shape index (κ2) is 5.48. The summed E-state index contributed by atoms with van der Waals surface area (Å²) in [4.78, 5) is 2.53. The molecule has 0 amide bonds. The van der Waals surface area contributed by atoms with Crippen LogP contribution in [0, 0.1) is 11.8 Å². The van der Waals surface area contributed by atoms with E-state index in [0.717, 1.165) is 31.7 Å². The number of rotatable bonds is 6. The summed E-state index contributed by atoms with van der Waals surface area (Å²) in [5, 5.41) is 3.53. The van der Waals surface area contributed by atoms with Crippen molar-refractivity contribution in [1.29, 1.82) is 0 Å². The largest absolute Gasteiger partial charge is 0.379 e. The van der Waals surface area contributed by atoms with Gasteiger partial charge in [0.2, 0.25) is 0 Å². The SMILES string of the molecule is CCNC1COCC1CN(C)C(C)C1CC1. The van der Waals surface area contributed by atoms with Gasteiger partial charge >= 0.3 is 0 Å². The summed E-state index contributed by atoms with van der Waals surface area (Å²) in [6, 6.07) is 1.32. The number of hydrogen-bond acceptors (Lipinski definition) is 3. The molecule has 0 aromatic carbocycles. The van der Waals surface area contributed by atoms with E-state index in [2.05, 4.69) is 31.1 Å². The van der Waals surface area contributed by atoms with Gasteiger partial charge in [-0.15, -0.1) is 0 Å². The predicted octanol–water partition coefficient (Wildman–Crippen LogP) is 1.34. The fraction of sp³-hybridized carbons (Fsp3) is 1.00. The average Bonchev–Trinajstić information content (AvgIpc) is 3.03. The van der Waals surface area contributed by atoms with E-state index in [1.165, 1.54) is 19.4 Å². The smallest absolute Gasteiger partial charge is 0.0623 e. The quantitative estimate of drug-likeness (QED) is 0.740. The Morgan fingerprint density at radius 2 is 2.12 bits per heavy atom. The minimum Gasteiger partial charge on any atom is -0.379 e. The molecule has 1 aliphatic carbocycles. The maximum atomic E-state index is 5.59. The molecule has 3 atom stereocenters. The van der Waals surface area contributed by atoms with E-state index in [9.17, 15) is 0 Å². The van der Waals surface area contributed by atoms with Gasteiger partial charge in [0.25, 0.3) is 0 Å². The van der Waals surface area contributed by atoms with E-state index in [0.29, 0.717) is 12.0 Å². The molecule has 0 radical (unpaired) electrons. The third-order valence-corrected chi connectivity index (χ3v) is 4.19. The molecule has 3 nitrogen and oxygen atoms in total. The average molecular weight is 226 g/mol. The fourth-order valence-electron chi connectivity index (χ4n) is 2.74. The molecular weight excluding hydrogens is 200 g/mol. The lowest BCUT2D eigenvalue weighted by atomic mass is 10.0. The van der Waals surface area contributed by atoms with Crippen LogP contribution in [0.2, 0.25) is 0 Å². The lowest BCUT2D eigenvalue weighted by molar-refractivity contribution is 0.158. The Morgan fingerprint density at radius 3 is 2.75 bits per heavy atom. The molecule has 2 rings (SSSR count). The Bertz CT molecular complexity index is 218. The maximum Gasteiger partial charge on any atom is 0.0623 e. The van der Waals surface area contributed by atoms with Crippen molar-refractivity contribution in [3.8, 4) is 0 Å². The minimum atomic E-state index is 0.568. The van der Waals surface area contributed by atoms with Crippen LogP contribution in [0.15, 0.2) is 0 Å². The van der Waals surface area contributed by atoms with Crippen LogP contribution in [0.5, 0.6) is 0 Å². The Balaban J connectivity index is 1.78. The van der Waals surface area contributed by atoms with Gasteiger partial charge in [-0.25, -0.2) is 0 Å². The van der Waals surface area contributed by atoms with E-state index < -0.39 is 0 Å². The summed E-state index contributed by atoms with van der Waals surface area (Å²) in [6.45, 7) is 8.59. The molecule has 0 aromatic heterocycles. The van der Waals surface area contributed by atoms with Crippen molar-refractivity contribution in [2.24, 2.45) is 11.8 Å². The van der Waals surface area contributed by atoms with Crippen LogP contribution in [-0.4, -0.2) is 50.3 Å². The first-order chi connectivity index (χ1) is 7.72. The van der Waals surface area contributed by atoms with Crippen molar-refractivity contribution in [2.75, 3.05) is 33.4 Å². The highest BCUT2D eigenvalue weighted by Gasteiger charge is 2.34. The Hall–Kier alpha value is -0.120. The van der Waals surface area contributed by atoms with E-state index in [1.54, 1.807) is 0 Å². The van der Waals surface area contributed by atoms with Crippen molar-refractivity contribution in [3.05, 3.63) is 0 Å². The summed E-state index contributed by atoms with van der Waals surface area (Å²) >= 11 is 0. The molecule has 94 valence electrons. The van der Waals surface area contributed by atoms with Crippen molar-refractivity contribution < 1.29 is 4.74 Å². The van der Waals surface area contributed by atoms with Gasteiger partial charge in [-0.3, -0.25) is 0 Å². The molecule has 1 aliphatic heterocycles. The summed E-state index contributed by atoms with van der Waals surface area (Å²) in [6.07, 6.45) is 2.87. The zero-order valence-electron chi connectivity index (χ0n) is 10.9. The van der Waals surface area contributed by atoms with Crippen LogP contribution in [0.4, 0.5) is 0 Å². The van der Waals surface area contributed by atoms with Gasteiger partial charge < -0.3 is 15.0 Å². The Kier molecular flexibility index (Phi) is 4.22. The lowest BCUT2D eigenvalue weighted by Gasteiger charge is -2.29. The van der Waals surface area contributed by atoms with Gasteiger partial charge in [-0.1, -0.05) is 6.92 Å². The molecule has 0 spiro atoms. The molecule has 1 saturated carbocycles. The second-order valence-electron chi connectivity index (χ2n) is 5.48. The standard InChI is InChI=1S/C13H26N2O/c1-4-14-13-9-16-8-12(13)7-15(3)10(2)11-5-6-11/h10-14H,4-9H2,1-3H3. The third-order valence-electron chi connectivity index (χ3n) is 4.19. The first kappa shape index (κ1) is 12.3. The Morgan fingerprint density at radius 1 is 1.38 bits per heavy atom. The van der Waals surface area contributed by atoms with Crippen LogP contribution in [0.3, 0.4) is 0 Å². The van der Waals surface area contributed by atoms with Crippen LogP contribution in [-0.2, 0) is 4.74 Å². The lowest BCUT2D eigenvalue weighted by Crippen LogP contribution is -2.43. The van der Waals surface area contributed by atoms with Crippen LogP contribution in [0.25, 0.3) is 0 Å². The summed E-state index contributed by atoms with van der Waals surface area (Å²) in [5.41, 5.74) is 0. The third kappa shape index (κ3) is 2.96. The van der Waals surface area contributed by atoms with Gasteiger partial charge in [0.1, 0.15) is 0 Å². The Labute approximate surface area is 99.5 Å². The highest BCUT2D eigenvalue weighted by atomic mass is 16.5. The van der Waals surface area contributed by atoms with Crippen molar-refractivity contribution in [3.63, 3.8) is 0 Å². The normalized spacial score (nSPS) is 32.2. The first-order valence-corrected chi connectivity index (χ1v) is 6.73. The van der Waals surface area contributed by atoms with E-state index in [1.807, 2.05) is 0 Å². The zero-order valence-corrected chi connectivity index (χ0v) is 10.9. The van der Waals surface area contributed by atoms with Crippen LogP contribution < -0.4 is 5.32 Å². The number of nitrogens with zero attached hydrogens (tertiary/aromatic N) is 1. The zero-order chi connectivity index (χ0) is 11.5. The van der Waals surface area contributed by atoms with Crippen LogP contribution >= 0.6 is 0 Å². The predicted molar refractivity (Wildman–Crippen MR) is 66.6 cm³/mol. The molecule has 2 fully saturated rings. The first-order valence-electron chi connectivity index (χ1n) is 6.73. The molecule has 1 N–H and O–H groups in total.